The quantitative estimate of drug-likeness (QED) is 0.722. The minimum atomic E-state index is 0.550. The zero-order valence-electron chi connectivity index (χ0n) is 14.8. The van der Waals surface area contributed by atoms with E-state index in [1.807, 2.05) is 12.1 Å². The number of nitrogens with two attached hydrogens (primary N) is 1. The molecule has 0 saturated carbocycles. The lowest BCUT2D eigenvalue weighted by Gasteiger charge is -2.21. The standard InChI is InChI=1S/C21H24N4/c1-25(2)19-13-15(14-7-4-3-5-8-14)11-12-16(19)17-9-6-10-18-20(17)21(22)24-23-18/h6-7,9-13H,3-5,8H2,1-2H3,(H3,22,23,24). The van der Waals surface area contributed by atoms with E-state index in [0.717, 1.165) is 16.5 Å². The Morgan fingerprint density at radius 3 is 2.72 bits per heavy atom. The predicted octanol–water partition coefficient (Wildman–Crippen LogP) is 4.84. The molecule has 1 aliphatic rings. The molecule has 0 saturated heterocycles. The monoisotopic (exact) mass is 332 g/mol. The van der Waals surface area contributed by atoms with E-state index in [0.29, 0.717) is 5.82 Å². The summed E-state index contributed by atoms with van der Waals surface area (Å²) >= 11 is 0. The minimum absolute atomic E-state index is 0.550. The van der Waals surface area contributed by atoms with E-state index in [-0.39, 0.29) is 0 Å². The highest BCUT2D eigenvalue weighted by molar-refractivity contribution is 6.04. The van der Waals surface area contributed by atoms with Crippen molar-refractivity contribution in [2.75, 3.05) is 24.7 Å². The number of benzene rings is 2. The number of nitrogens with zero attached hydrogens (tertiary/aromatic N) is 2. The molecule has 0 unspecified atom stereocenters. The van der Waals surface area contributed by atoms with Crippen molar-refractivity contribution in [1.29, 1.82) is 0 Å². The molecule has 3 N–H and O–H groups in total. The summed E-state index contributed by atoms with van der Waals surface area (Å²) in [6.45, 7) is 0. The highest BCUT2D eigenvalue weighted by Crippen LogP contribution is 2.39. The van der Waals surface area contributed by atoms with Gasteiger partial charge in [-0.3, -0.25) is 5.10 Å². The van der Waals surface area contributed by atoms with E-state index in [4.69, 9.17) is 5.73 Å². The van der Waals surface area contributed by atoms with Gasteiger partial charge in [0.2, 0.25) is 0 Å². The Morgan fingerprint density at radius 2 is 1.96 bits per heavy atom. The fourth-order valence-electron chi connectivity index (χ4n) is 3.75. The predicted molar refractivity (Wildman–Crippen MR) is 107 cm³/mol. The fraction of sp³-hybridized carbons (Fsp3) is 0.286. The van der Waals surface area contributed by atoms with E-state index in [1.54, 1.807) is 0 Å². The lowest BCUT2D eigenvalue weighted by atomic mass is 9.91. The summed E-state index contributed by atoms with van der Waals surface area (Å²) in [7, 11) is 4.19. The first-order valence-electron chi connectivity index (χ1n) is 8.89. The second-order valence-electron chi connectivity index (χ2n) is 6.94. The van der Waals surface area contributed by atoms with Crippen LogP contribution in [-0.2, 0) is 0 Å². The molecule has 0 atom stereocenters. The van der Waals surface area contributed by atoms with Crippen molar-refractivity contribution in [1.82, 2.24) is 10.2 Å². The summed E-state index contributed by atoms with van der Waals surface area (Å²) < 4.78 is 0. The maximum atomic E-state index is 6.12. The number of nitrogens with one attached hydrogen (secondary N) is 1. The minimum Gasteiger partial charge on any atom is -0.382 e. The van der Waals surface area contributed by atoms with Crippen LogP contribution in [0.15, 0.2) is 42.5 Å². The van der Waals surface area contributed by atoms with Gasteiger partial charge in [0.1, 0.15) is 0 Å². The summed E-state index contributed by atoms with van der Waals surface area (Å²) in [4.78, 5) is 2.18. The van der Waals surface area contributed by atoms with Gasteiger partial charge in [-0.05, 0) is 54.5 Å². The third-order valence-electron chi connectivity index (χ3n) is 5.05. The first-order chi connectivity index (χ1) is 12.1. The van der Waals surface area contributed by atoms with Gasteiger partial charge in [0.05, 0.1) is 10.9 Å². The van der Waals surface area contributed by atoms with Crippen LogP contribution in [0.5, 0.6) is 0 Å². The van der Waals surface area contributed by atoms with E-state index in [2.05, 4.69) is 59.5 Å². The molecule has 4 rings (SSSR count). The molecule has 128 valence electrons. The van der Waals surface area contributed by atoms with Crippen molar-refractivity contribution in [2.45, 2.75) is 25.7 Å². The van der Waals surface area contributed by atoms with Crippen LogP contribution in [0.3, 0.4) is 0 Å². The third kappa shape index (κ3) is 2.78. The lowest BCUT2D eigenvalue weighted by Crippen LogP contribution is -2.10. The summed E-state index contributed by atoms with van der Waals surface area (Å²) in [5.74, 6) is 0.550. The zero-order chi connectivity index (χ0) is 17.4. The SMILES string of the molecule is CN(C)c1cc(C2=CCCCC2)ccc1-c1cccc2[nH]nc(N)c12. The second kappa shape index (κ2) is 6.28. The van der Waals surface area contributed by atoms with Gasteiger partial charge in [-0.2, -0.15) is 5.10 Å². The number of nitrogen functional groups attached to an aromatic ring is 1. The Kier molecular flexibility index (Phi) is 3.96. The molecule has 1 aromatic heterocycles. The number of hydrogen-bond donors (Lipinski definition) is 2. The van der Waals surface area contributed by atoms with Gasteiger partial charge in [0.15, 0.2) is 5.82 Å². The Bertz CT molecular complexity index is 950. The van der Waals surface area contributed by atoms with Crippen molar-refractivity contribution < 1.29 is 0 Å². The number of rotatable bonds is 3. The molecule has 0 spiro atoms. The average Bonchev–Trinajstić information content (AvgIpc) is 3.03. The first-order valence-corrected chi connectivity index (χ1v) is 8.89. The fourth-order valence-corrected chi connectivity index (χ4v) is 3.75. The molecule has 1 heterocycles. The molecule has 25 heavy (non-hydrogen) atoms. The number of H-pyrrole nitrogens is 1. The molecule has 0 bridgehead atoms. The largest absolute Gasteiger partial charge is 0.382 e. The summed E-state index contributed by atoms with van der Waals surface area (Å²) in [5, 5.41) is 8.19. The van der Waals surface area contributed by atoms with Crippen molar-refractivity contribution in [3.8, 4) is 11.1 Å². The zero-order valence-corrected chi connectivity index (χ0v) is 14.8. The maximum absolute atomic E-state index is 6.12. The van der Waals surface area contributed by atoms with Crippen LogP contribution < -0.4 is 10.6 Å². The van der Waals surface area contributed by atoms with Gasteiger partial charge in [0, 0.05) is 25.3 Å². The van der Waals surface area contributed by atoms with Crippen LogP contribution in [0.1, 0.15) is 31.2 Å². The Balaban J connectivity index is 1.89. The molecular formula is C21H24N4. The van der Waals surface area contributed by atoms with Crippen molar-refractivity contribution >= 4 is 28.0 Å². The molecule has 4 heteroatoms. The Hall–Kier alpha value is -2.75. The second-order valence-corrected chi connectivity index (χ2v) is 6.94. The number of anilines is 2. The van der Waals surface area contributed by atoms with Gasteiger partial charge >= 0.3 is 0 Å². The van der Waals surface area contributed by atoms with Gasteiger partial charge in [0.25, 0.3) is 0 Å². The topological polar surface area (TPSA) is 57.9 Å². The Labute approximate surface area is 148 Å². The maximum Gasteiger partial charge on any atom is 0.153 e. The van der Waals surface area contributed by atoms with Gasteiger partial charge in [-0.15, -0.1) is 0 Å². The normalized spacial score (nSPS) is 14.6. The van der Waals surface area contributed by atoms with Gasteiger partial charge in [-0.1, -0.05) is 30.3 Å². The molecule has 2 aromatic carbocycles. The van der Waals surface area contributed by atoms with Crippen LogP contribution in [0.2, 0.25) is 0 Å². The Morgan fingerprint density at radius 1 is 1.08 bits per heavy atom. The molecule has 4 nitrogen and oxygen atoms in total. The molecule has 0 aliphatic heterocycles. The highest BCUT2D eigenvalue weighted by atomic mass is 15.1. The molecular weight excluding hydrogens is 308 g/mol. The van der Waals surface area contributed by atoms with Gasteiger partial charge < -0.3 is 10.6 Å². The molecule has 0 fully saturated rings. The van der Waals surface area contributed by atoms with Crippen LogP contribution in [0.25, 0.3) is 27.6 Å². The number of aromatic amines is 1. The van der Waals surface area contributed by atoms with Crippen molar-refractivity contribution in [3.05, 3.63) is 48.0 Å². The molecule has 0 amide bonds. The summed E-state index contributed by atoms with van der Waals surface area (Å²) in [5.41, 5.74) is 13.4. The van der Waals surface area contributed by atoms with E-state index < -0.39 is 0 Å². The van der Waals surface area contributed by atoms with Crippen molar-refractivity contribution in [3.63, 3.8) is 0 Å². The molecule has 0 radical (unpaired) electrons. The van der Waals surface area contributed by atoms with E-state index in [9.17, 15) is 0 Å². The molecule has 1 aliphatic carbocycles. The number of aromatic nitrogens is 2. The summed E-state index contributed by atoms with van der Waals surface area (Å²) in [6, 6.07) is 13.0. The van der Waals surface area contributed by atoms with Crippen LogP contribution >= 0.6 is 0 Å². The molecule has 3 aromatic rings. The van der Waals surface area contributed by atoms with E-state index in [1.165, 1.54) is 48.1 Å². The van der Waals surface area contributed by atoms with Crippen molar-refractivity contribution in [2.24, 2.45) is 0 Å². The van der Waals surface area contributed by atoms with Gasteiger partial charge in [-0.25, -0.2) is 0 Å². The first kappa shape index (κ1) is 15.8. The third-order valence-corrected chi connectivity index (χ3v) is 5.05. The number of fused-ring (bicyclic) bond motifs is 1. The van der Waals surface area contributed by atoms with E-state index >= 15 is 0 Å². The number of hydrogen-bond acceptors (Lipinski definition) is 3. The lowest BCUT2D eigenvalue weighted by molar-refractivity contribution is 0.742. The number of allylic oxidation sites excluding steroid dienone is 2. The summed E-state index contributed by atoms with van der Waals surface area (Å²) in [6.07, 6.45) is 7.36. The smallest absolute Gasteiger partial charge is 0.153 e. The van der Waals surface area contributed by atoms with Crippen LogP contribution in [0.4, 0.5) is 11.5 Å². The highest BCUT2D eigenvalue weighted by Gasteiger charge is 2.16. The van der Waals surface area contributed by atoms with Crippen LogP contribution in [0, 0.1) is 0 Å². The van der Waals surface area contributed by atoms with Crippen LogP contribution in [-0.4, -0.2) is 24.3 Å². The average molecular weight is 332 g/mol.